The van der Waals surface area contributed by atoms with Crippen LogP contribution >= 0.6 is 0 Å². The summed E-state index contributed by atoms with van der Waals surface area (Å²) in [5, 5.41) is 26.5. The number of carbonyl (C=O) groups excluding carboxylic acids is 2. The smallest absolute Gasteiger partial charge is 0.390 e. The Morgan fingerprint density at radius 3 is 2.56 bits per heavy atom. The highest BCUT2D eigenvalue weighted by molar-refractivity contribution is 5.96. The minimum atomic E-state index is -4.58. The van der Waals surface area contributed by atoms with Crippen molar-refractivity contribution in [3.63, 3.8) is 0 Å². The molecule has 1 saturated heterocycles. The van der Waals surface area contributed by atoms with Gasteiger partial charge in [-0.15, -0.1) is 0 Å². The first-order valence-electron chi connectivity index (χ1n) is 11.8. The minimum absolute atomic E-state index is 0.152. The molecule has 1 saturated carbocycles. The number of alkyl halides is 3. The number of amides is 2. The Labute approximate surface area is 206 Å². The third kappa shape index (κ3) is 6.03. The normalized spacial score (nSPS) is 27.0. The summed E-state index contributed by atoms with van der Waals surface area (Å²) in [5.41, 5.74) is -1.28. The van der Waals surface area contributed by atoms with Crippen LogP contribution < -0.4 is 10.6 Å². The lowest BCUT2D eigenvalue weighted by molar-refractivity contribution is -0.137. The van der Waals surface area contributed by atoms with Gasteiger partial charge < -0.3 is 20.8 Å². The maximum Gasteiger partial charge on any atom is 0.416 e. The van der Waals surface area contributed by atoms with Crippen molar-refractivity contribution in [2.75, 3.05) is 19.6 Å². The Morgan fingerprint density at radius 2 is 1.89 bits per heavy atom. The average molecular weight is 507 g/mol. The van der Waals surface area contributed by atoms with Crippen molar-refractivity contribution in [2.24, 2.45) is 0 Å². The van der Waals surface area contributed by atoms with Gasteiger partial charge in [-0.3, -0.25) is 19.5 Å². The molecule has 1 aromatic heterocycles. The van der Waals surface area contributed by atoms with Gasteiger partial charge in [0, 0.05) is 42.7 Å². The van der Waals surface area contributed by atoms with Crippen molar-refractivity contribution < 1.29 is 33.0 Å². The van der Waals surface area contributed by atoms with Crippen molar-refractivity contribution in [1.29, 1.82) is 0 Å². The Bertz CT molecular complexity index is 1070. The number of benzene rings is 1. The molecular weight excluding hydrogens is 477 g/mol. The van der Waals surface area contributed by atoms with Crippen molar-refractivity contribution in [1.82, 2.24) is 20.5 Å². The Kier molecular flexibility index (Phi) is 7.62. The number of aliphatic hydroxyl groups excluding tert-OH is 1. The predicted octanol–water partition coefficient (Wildman–Crippen LogP) is 1.82. The van der Waals surface area contributed by atoms with Gasteiger partial charge >= 0.3 is 6.18 Å². The molecule has 2 aromatic rings. The summed E-state index contributed by atoms with van der Waals surface area (Å²) in [6, 6.07) is 7.23. The van der Waals surface area contributed by atoms with Crippen LogP contribution in [0, 0.1) is 0 Å². The fourth-order valence-electron chi connectivity index (χ4n) is 4.99. The number of hydrogen-bond donors (Lipinski definition) is 4. The SMILES string of the molecule is O=C(CNC(=O)c1cccc(C(F)(F)F)c1)N[C@H]1CN(C2CCC(O)(c3cccnc3)CC2)C[C@H]1O. The Hall–Kier alpha value is -3.02. The third-order valence-corrected chi connectivity index (χ3v) is 7.02. The van der Waals surface area contributed by atoms with Gasteiger partial charge in [0.25, 0.3) is 5.91 Å². The van der Waals surface area contributed by atoms with Gasteiger partial charge in [0.1, 0.15) is 0 Å². The van der Waals surface area contributed by atoms with Crippen LogP contribution in [0.5, 0.6) is 0 Å². The van der Waals surface area contributed by atoms with Gasteiger partial charge in [-0.1, -0.05) is 12.1 Å². The molecule has 0 radical (unpaired) electrons. The lowest BCUT2D eigenvalue weighted by Gasteiger charge is -2.39. The number of β-amino-alcohol motifs (C(OH)–C–C–N with tert-alkyl or cyclic N) is 1. The summed E-state index contributed by atoms with van der Waals surface area (Å²) in [6.45, 7) is 0.363. The summed E-state index contributed by atoms with van der Waals surface area (Å²) < 4.78 is 38.6. The van der Waals surface area contributed by atoms with Crippen LogP contribution in [-0.4, -0.2) is 69.7 Å². The monoisotopic (exact) mass is 506 g/mol. The van der Waals surface area contributed by atoms with E-state index in [0.717, 1.165) is 36.6 Å². The molecule has 36 heavy (non-hydrogen) atoms. The number of hydrogen-bond acceptors (Lipinski definition) is 6. The van der Waals surface area contributed by atoms with Gasteiger partial charge in [-0.05, 0) is 49.9 Å². The fourth-order valence-corrected chi connectivity index (χ4v) is 4.99. The molecule has 0 unspecified atom stereocenters. The van der Waals surface area contributed by atoms with Crippen LogP contribution in [0.3, 0.4) is 0 Å². The number of halogens is 3. The van der Waals surface area contributed by atoms with Crippen LogP contribution in [0.1, 0.15) is 47.2 Å². The standard InChI is InChI=1S/C25H29F3N4O4/c26-25(27,28)17-4-1-3-16(11-17)23(35)30-13-22(34)31-20-14-32(15-21(20)33)19-6-8-24(36,9-7-19)18-5-2-10-29-12-18/h1-5,10-12,19-21,33,36H,6-9,13-15H2,(H,30,35)(H,31,34)/t19?,20-,21+,24?/m0/s1. The second kappa shape index (κ2) is 10.5. The molecule has 194 valence electrons. The van der Waals surface area contributed by atoms with Gasteiger partial charge in [-0.25, -0.2) is 0 Å². The first-order chi connectivity index (χ1) is 17.0. The zero-order valence-corrected chi connectivity index (χ0v) is 19.5. The van der Waals surface area contributed by atoms with Gasteiger partial charge in [0.05, 0.1) is 29.9 Å². The Balaban J connectivity index is 1.25. The van der Waals surface area contributed by atoms with Crippen LogP contribution in [0.25, 0.3) is 0 Å². The molecule has 4 rings (SSSR count). The highest BCUT2D eigenvalue weighted by Crippen LogP contribution is 2.39. The molecule has 1 aliphatic carbocycles. The Morgan fingerprint density at radius 1 is 1.14 bits per heavy atom. The highest BCUT2D eigenvalue weighted by Gasteiger charge is 2.41. The first-order valence-corrected chi connectivity index (χ1v) is 11.8. The van der Waals surface area contributed by atoms with E-state index in [1.807, 2.05) is 6.07 Å². The number of aliphatic hydroxyl groups is 2. The summed E-state index contributed by atoms with van der Waals surface area (Å²) in [5.74, 6) is -1.34. The van der Waals surface area contributed by atoms with Crippen LogP contribution in [0.15, 0.2) is 48.8 Å². The van der Waals surface area contributed by atoms with Crippen molar-refractivity contribution in [3.05, 3.63) is 65.5 Å². The molecule has 1 aliphatic heterocycles. The molecule has 2 heterocycles. The van der Waals surface area contributed by atoms with E-state index < -0.39 is 47.8 Å². The maximum absolute atomic E-state index is 12.9. The molecule has 2 fully saturated rings. The molecule has 2 aliphatic rings. The summed E-state index contributed by atoms with van der Waals surface area (Å²) in [6.07, 6.45) is 0.550. The van der Waals surface area contributed by atoms with Crippen molar-refractivity contribution in [3.8, 4) is 0 Å². The maximum atomic E-state index is 12.9. The predicted molar refractivity (Wildman–Crippen MR) is 124 cm³/mol. The zero-order valence-electron chi connectivity index (χ0n) is 19.5. The van der Waals surface area contributed by atoms with Crippen molar-refractivity contribution in [2.45, 2.75) is 55.6 Å². The van der Waals surface area contributed by atoms with E-state index in [4.69, 9.17) is 0 Å². The van der Waals surface area contributed by atoms with E-state index in [2.05, 4.69) is 20.5 Å². The van der Waals surface area contributed by atoms with E-state index in [9.17, 15) is 33.0 Å². The van der Waals surface area contributed by atoms with Crippen LogP contribution in [0.2, 0.25) is 0 Å². The lowest BCUT2D eigenvalue weighted by atomic mass is 9.78. The van der Waals surface area contributed by atoms with E-state index in [-0.39, 0.29) is 11.6 Å². The van der Waals surface area contributed by atoms with Gasteiger partial charge in [0.15, 0.2) is 0 Å². The number of nitrogens with zero attached hydrogens (tertiary/aromatic N) is 2. The fraction of sp³-hybridized carbons (Fsp3) is 0.480. The molecule has 2 atom stereocenters. The van der Waals surface area contributed by atoms with Crippen LogP contribution in [0.4, 0.5) is 13.2 Å². The molecule has 0 bridgehead atoms. The topological polar surface area (TPSA) is 115 Å². The van der Waals surface area contributed by atoms with Gasteiger partial charge in [-0.2, -0.15) is 13.2 Å². The van der Waals surface area contributed by atoms with E-state index in [0.29, 0.717) is 25.9 Å². The quantitative estimate of drug-likeness (QED) is 0.475. The molecule has 4 N–H and O–H groups in total. The zero-order chi connectivity index (χ0) is 25.9. The molecule has 2 amide bonds. The highest BCUT2D eigenvalue weighted by atomic mass is 19.4. The lowest BCUT2D eigenvalue weighted by Crippen LogP contribution is -2.47. The average Bonchev–Trinajstić information content (AvgIpc) is 3.22. The molecule has 11 heteroatoms. The van der Waals surface area contributed by atoms with E-state index >= 15 is 0 Å². The number of pyridine rings is 1. The molecular formula is C25H29F3N4O4. The van der Waals surface area contributed by atoms with Gasteiger partial charge in [0.2, 0.25) is 5.91 Å². The molecule has 0 spiro atoms. The van der Waals surface area contributed by atoms with E-state index in [1.54, 1.807) is 18.5 Å². The summed E-state index contributed by atoms with van der Waals surface area (Å²) in [4.78, 5) is 30.7. The number of aromatic nitrogens is 1. The third-order valence-electron chi connectivity index (χ3n) is 7.02. The number of carbonyl (C=O) groups is 2. The van der Waals surface area contributed by atoms with E-state index in [1.165, 1.54) is 6.07 Å². The summed E-state index contributed by atoms with van der Waals surface area (Å²) >= 11 is 0. The van der Waals surface area contributed by atoms with Crippen molar-refractivity contribution >= 4 is 11.8 Å². The number of rotatable bonds is 6. The first kappa shape index (κ1) is 26.1. The minimum Gasteiger partial charge on any atom is -0.390 e. The second-order valence-corrected chi connectivity index (χ2v) is 9.46. The number of likely N-dealkylation sites (tertiary alicyclic amines) is 1. The number of nitrogens with one attached hydrogen (secondary N) is 2. The second-order valence-electron chi connectivity index (χ2n) is 9.46. The largest absolute Gasteiger partial charge is 0.416 e. The molecule has 1 aromatic carbocycles. The summed E-state index contributed by atoms with van der Waals surface area (Å²) in [7, 11) is 0. The molecule has 8 nitrogen and oxygen atoms in total. The van der Waals surface area contributed by atoms with Crippen LogP contribution in [-0.2, 0) is 16.6 Å².